The lowest BCUT2D eigenvalue weighted by Crippen LogP contribution is -2.10. The minimum absolute atomic E-state index is 0.613. The highest BCUT2D eigenvalue weighted by Gasteiger charge is 2.17. The largest absolute Gasteiger partial charge is 0.376 e. The summed E-state index contributed by atoms with van der Waals surface area (Å²) in [7, 11) is 0. The molecule has 1 aromatic carbocycles. The van der Waals surface area contributed by atoms with Crippen LogP contribution in [0, 0.1) is 17.2 Å². The molecule has 0 saturated heterocycles. The van der Waals surface area contributed by atoms with E-state index in [0.717, 1.165) is 12.0 Å². The highest BCUT2D eigenvalue weighted by Crippen LogP contribution is 2.24. The summed E-state index contributed by atoms with van der Waals surface area (Å²) >= 11 is 5.94. The van der Waals surface area contributed by atoms with E-state index in [4.69, 9.17) is 16.9 Å². The zero-order valence-corrected chi connectivity index (χ0v) is 10.3. The third-order valence-electron chi connectivity index (χ3n) is 2.35. The Morgan fingerprint density at radius 2 is 1.88 bits per heavy atom. The van der Waals surface area contributed by atoms with Gasteiger partial charge in [-0.3, -0.25) is 0 Å². The quantitative estimate of drug-likeness (QED) is 0.646. The van der Waals surface area contributed by atoms with Crippen molar-refractivity contribution in [3.8, 4) is 6.07 Å². The molecule has 0 heterocycles. The first-order valence-corrected chi connectivity index (χ1v) is 5.79. The predicted octanol–water partition coefficient (Wildman–Crippen LogP) is 3.05. The van der Waals surface area contributed by atoms with Gasteiger partial charge < -0.3 is 5.11 Å². The summed E-state index contributed by atoms with van der Waals surface area (Å²) < 4.78 is 0. The van der Waals surface area contributed by atoms with E-state index in [9.17, 15) is 5.11 Å². The summed E-state index contributed by atoms with van der Waals surface area (Å²) in [6, 6.07) is 9.47. The number of hydrogen-bond acceptors (Lipinski definition) is 2. The molecule has 0 spiro atoms. The van der Waals surface area contributed by atoms with E-state index in [1.807, 2.05) is 24.3 Å². The molecule has 86 valence electrons. The molecule has 0 radical (unpaired) electrons. The smallest absolute Gasteiger partial charge is 0.160 e. The fourth-order valence-electron chi connectivity index (χ4n) is 1.56. The first kappa shape index (κ1) is 13.0. The monoisotopic (exact) mass is 237 g/mol. The summed E-state index contributed by atoms with van der Waals surface area (Å²) in [5.41, 5.74) is 2.03. The lowest BCUT2D eigenvalue weighted by atomic mass is 10.00. The SMILES string of the molecule is CC(C)Cc1ccc(C(Cl)C(O)C#N)cc1. The number of aliphatic hydroxyl groups excluding tert-OH is 1. The van der Waals surface area contributed by atoms with Crippen LogP contribution in [-0.4, -0.2) is 11.2 Å². The zero-order valence-electron chi connectivity index (χ0n) is 9.52. The van der Waals surface area contributed by atoms with E-state index in [0.29, 0.717) is 5.92 Å². The maximum Gasteiger partial charge on any atom is 0.160 e. The second kappa shape index (κ2) is 5.89. The van der Waals surface area contributed by atoms with E-state index in [-0.39, 0.29) is 0 Å². The molecule has 0 aliphatic rings. The molecule has 1 aromatic rings. The molecule has 0 fully saturated rings. The van der Waals surface area contributed by atoms with E-state index in [1.54, 1.807) is 6.07 Å². The van der Waals surface area contributed by atoms with Crippen molar-refractivity contribution in [1.29, 1.82) is 5.26 Å². The molecule has 2 nitrogen and oxygen atoms in total. The molecule has 0 aromatic heterocycles. The number of aliphatic hydroxyl groups is 1. The molecule has 1 rings (SSSR count). The van der Waals surface area contributed by atoms with Crippen molar-refractivity contribution < 1.29 is 5.11 Å². The van der Waals surface area contributed by atoms with Crippen LogP contribution in [0.4, 0.5) is 0 Å². The molecule has 1 N–H and O–H groups in total. The summed E-state index contributed by atoms with van der Waals surface area (Å²) in [6.07, 6.45) is -0.133. The summed E-state index contributed by atoms with van der Waals surface area (Å²) in [5.74, 6) is 0.613. The van der Waals surface area contributed by atoms with Gasteiger partial charge in [0.05, 0.1) is 11.4 Å². The van der Waals surface area contributed by atoms with Crippen LogP contribution < -0.4 is 0 Å². The highest BCUT2D eigenvalue weighted by molar-refractivity contribution is 6.21. The molecule has 0 saturated carbocycles. The molecule has 16 heavy (non-hydrogen) atoms. The first-order valence-electron chi connectivity index (χ1n) is 5.35. The van der Waals surface area contributed by atoms with Crippen LogP contribution >= 0.6 is 11.6 Å². The molecular formula is C13H16ClNO. The van der Waals surface area contributed by atoms with E-state index >= 15 is 0 Å². The Morgan fingerprint density at radius 1 is 1.31 bits per heavy atom. The van der Waals surface area contributed by atoms with Crippen molar-refractivity contribution in [2.45, 2.75) is 31.7 Å². The molecule has 0 aliphatic heterocycles. The van der Waals surface area contributed by atoms with Crippen LogP contribution in [0.3, 0.4) is 0 Å². The van der Waals surface area contributed by atoms with Gasteiger partial charge in [-0.05, 0) is 23.5 Å². The Bertz CT molecular complexity index is 367. The highest BCUT2D eigenvalue weighted by atomic mass is 35.5. The number of nitriles is 1. The Kier molecular flexibility index (Phi) is 4.79. The Hall–Kier alpha value is -1.04. The van der Waals surface area contributed by atoms with Crippen molar-refractivity contribution >= 4 is 11.6 Å². The Balaban J connectivity index is 2.75. The molecular weight excluding hydrogens is 222 g/mol. The number of rotatable bonds is 4. The number of alkyl halides is 1. The van der Waals surface area contributed by atoms with Crippen molar-refractivity contribution in [3.05, 3.63) is 35.4 Å². The lowest BCUT2D eigenvalue weighted by molar-refractivity contribution is 0.225. The number of halogens is 1. The molecule has 3 heteroatoms. The third kappa shape index (κ3) is 3.52. The van der Waals surface area contributed by atoms with Crippen LogP contribution in [0.2, 0.25) is 0 Å². The molecule has 0 bridgehead atoms. The molecule has 2 atom stereocenters. The second-order valence-electron chi connectivity index (χ2n) is 4.32. The average molecular weight is 238 g/mol. The van der Waals surface area contributed by atoms with Gasteiger partial charge in [0.1, 0.15) is 0 Å². The maximum atomic E-state index is 9.30. The number of nitrogens with zero attached hydrogens (tertiary/aromatic N) is 1. The molecule has 0 aliphatic carbocycles. The predicted molar refractivity (Wildman–Crippen MR) is 65.2 cm³/mol. The van der Waals surface area contributed by atoms with E-state index in [2.05, 4.69) is 13.8 Å². The van der Waals surface area contributed by atoms with Crippen molar-refractivity contribution in [3.63, 3.8) is 0 Å². The van der Waals surface area contributed by atoms with Gasteiger partial charge in [0, 0.05) is 0 Å². The minimum atomic E-state index is -1.15. The van der Waals surface area contributed by atoms with Gasteiger partial charge in [0.25, 0.3) is 0 Å². The van der Waals surface area contributed by atoms with Crippen LogP contribution in [-0.2, 0) is 6.42 Å². The zero-order chi connectivity index (χ0) is 12.1. The van der Waals surface area contributed by atoms with Crippen molar-refractivity contribution in [2.75, 3.05) is 0 Å². The van der Waals surface area contributed by atoms with Gasteiger partial charge in [-0.15, -0.1) is 11.6 Å². The van der Waals surface area contributed by atoms with Crippen LogP contribution in [0.5, 0.6) is 0 Å². The molecule has 0 amide bonds. The summed E-state index contributed by atoms with van der Waals surface area (Å²) in [5, 5.41) is 17.2. The van der Waals surface area contributed by atoms with Gasteiger partial charge in [-0.25, -0.2) is 0 Å². The van der Waals surface area contributed by atoms with Crippen molar-refractivity contribution in [1.82, 2.24) is 0 Å². The standard InChI is InChI=1S/C13H16ClNO/c1-9(2)7-10-3-5-11(6-4-10)13(14)12(16)8-15/h3-6,9,12-13,16H,7H2,1-2H3. The van der Waals surface area contributed by atoms with E-state index < -0.39 is 11.5 Å². The van der Waals surface area contributed by atoms with Gasteiger partial charge in [0.15, 0.2) is 6.10 Å². The summed E-state index contributed by atoms with van der Waals surface area (Å²) in [6.45, 7) is 4.33. The fraction of sp³-hybridized carbons (Fsp3) is 0.462. The topological polar surface area (TPSA) is 44.0 Å². The maximum absolute atomic E-state index is 9.30. The van der Waals surface area contributed by atoms with E-state index in [1.165, 1.54) is 5.56 Å². The van der Waals surface area contributed by atoms with Crippen LogP contribution in [0.15, 0.2) is 24.3 Å². The lowest BCUT2D eigenvalue weighted by Gasteiger charge is -2.12. The first-order chi connectivity index (χ1) is 7.54. The number of benzene rings is 1. The van der Waals surface area contributed by atoms with Crippen LogP contribution in [0.1, 0.15) is 30.4 Å². The Morgan fingerprint density at radius 3 is 2.31 bits per heavy atom. The second-order valence-corrected chi connectivity index (χ2v) is 4.79. The summed E-state index contributed by atoms with van der Waals surface area (Å²) in [4.78, 5) is 0. The van der Waals surface area contributed by atoms with Gasteiger partial charge >= 0.3 is 0 Å². The molecule has 2 unspecified atom stereocenters. The third-order valence-corrected chi connectivity index (χ3v) is 2.84. The normalized spacial score (nSPS) is 14.5. The average Bonchev–Trinajstić information content (AvgIpc) is 2.27. The van der Waals surface area contributed by atoms with Gasteiger partial charge in [0.2, 0.25) is 0 Å². The van der Waals surface area contributed by atoms with Crippen LogP contribution in [0.25, 0.3) is 0 Å². The fourth-order valence-corrected chi connectivity index (χ4v) is 1.76. The van der Waals surface area contributed by atoms with Gasteiger partial charge in [-0.2, -0.15) is 5.26 Å². The van der Waals surface area contributed by atoms with Crippen molar-refractivity contribution in [2.24, 2.45) is 5.92 Å². The minimum Gasteiger partial charge on any atom is -0.376 e. The Labute approximate surface area is 101 Å². The van der Waals surface area contributed by atoms with Gasteiger partial charge in [-0.1, -0.05) is 38.1 Å². The number of hydrogen-bond donors (Lipinski definition) is 1.